The van der Waals surface area contributed by atoms with Gasteiger partial charge in [-0.05, 0) is 32.4 Å². The molecule has 1 aromatic carbocycles. The number of esters is 1. The zero-order chi connectivity index (χ0) is 24.6. The molecule has 2 N–H and O–H groups in total. The number of ether oxygens (including phenoxy) is 4. The van der Waals surface area contributed by atoms with E-state index in [0.717, 1.165) is 0 Å². The largest absolute Gasteiger partial charge is 0.469 e. The van der Waals surface area contributed by atoms with E-state index in [1.807, 2.05) is 32.0 Å². The predicted octanol–water partition coefficient (Wildman–Crippen LogP) is 2.84. The van der Waals surface area contributed by atoms with Crippen LogP contribution in [0.3, 0.4) is 0 Å². The molecule has 2 aliphatic rings. The Hall–Kier alpha value is -3.61. The summed E-state index contributed by atoms with van der Waals surface area (Å²) in [5.74, 6) is -0.880. The first kappa shape index (κ1) is 23.1. The first-order valence-corrected chi connectivity index (χ1v) is 11.2. The number of aromatic nitrogens is 4. The number of para-hydroxylation sites is 1. The van der Waals surface area contributed by atoms with E-state index in [-0.39, 0.29) is 30.4 Å². The quantitative estimate of drug-likeness (QED) is 0.508. The monoisotopic (exact) mass is 482 g/mol. The Morgan fingerprint density at radius 2 is 1.86 bits per heavy atom. The highest BCUT2D eigenvalue weighted by Crippen LogP contribution is 2.45. The van der Waals surface area contributed by atoms with Crippen molar-refractivity contribution in [3.05, 3.63) is 43.0 Å². The first-order chi connectivity index (χ1) is 16.8. The molecular formula is C23H26N6O6. The molecule has 4 atom stereocenters. The van der Waals surface area contributed by atoms with E-state index in [1.54, 1.807) is 23.0 Å². The molecule has 12 nitrogen and oxygen atoms in total. The van der Waals surface area contributed by atoms with Crippen molar-refractivity contribution in [3.63, 3.8) is 0 Å². The lowest BCUT2D eigenvalue weighted by Gasteiger charge is -2.24. The van der Waals surface area contributed by atoms with Crippen LogP contribution < -0.4 is 10.6 Å². The maximum absolute atomic E-state index is 12.5. The Morgan fingerprint density at radius 3 is 2.63 bits per heavy atom. The molecule has 0 bridgehead atoms. The Morgan fingerprint density at radius 1 is 1.09 bits per heavy atom. The summed E-state index contributed by atoms with van der Waals surface area (Å²) in [6.07, 6.45) is 1.70. The van der Waals surface area contributed by atoms with Crippen molar-refractivity contribution in [2.45, 2.75) is 57.0 Å². The van der Waals surface area contributed by atoms with Gasteiger partial charge in [0.15, 0.2) is 29.0 Å². The van der Waals surface area contributed by atoms with E-state index < -0.39 is 24.2 Å². The third kappa shape index (κ3) is 4.67. The number of hydrogen-bond donors (Lipinski definition) is 2. The lowest BCUT2D eigenvalue weighted by Crippen LogP contribution is -2.30. The Kier molecular flexibility index (Phi) is 6.09. The van der Waals surface area contributed by atoms with Gasteiger partial charge in [0.25, 0.3) is 0 Å². The van der Waals surface area contributed by atoms with Crippen molar-refractivity contribution in [2.75, 3.05) is 17.7 Å². The predicted molar refractivity (Wildman–Crippen MR) is 123 cm³/mol. The maximum atomic E-state index is 12.5. The van der Waals surface area contributed by atoms with E-state index in [4.69, 9.17) is 18.9 Å². The minimum Gasteiger partial charge on any atom is -0.469 e. The van der Waals surface area contributed by atoms with Crippen molar-refractivity contribution in [1.82, 2.24) is 19.5 Å². The number of rotatable bonds is 6. The topological polar surface area (TPSA) is 139 Å². The first-order valence-electron chi connectivity index (χ1n) is 11.2. The van der Waals surface area contributed by atoms with Gasteiger partial charge in [-0.1, -0.05) is 18.2 Å². The highest BCUT2D eigenvalue weighted by molar-refractivity contribution is 6.02. The molecule has 3 aromatic rings. The molecule has 4 heterocycles. The summed E-state index contributed by atoms with van der Waals surface area (Å²) in [5, 5.41) is 5.47. The second-order valence-electron chi connectivity index (χ2n) is 8.74. The molecular weight excluding hydrogens is 456 g/mol. The summed E-state index contributed by atoms with van der Waals surface area (Å²) in [4.78, 5) is 37.2. The molecule has 184 valence electrons. The average Bonchev–Trinajstić information content (AvgIpc) is 3.49. The van der Waals surface area contributed by atoms with Crippen molar-refractivity contribution < 1.29 is 28.5 Å². The molecule has 5 rings (SSSR count). The number of fused-ring (bicyclic) bond motifs is 2. The number of nitrogens with zero attached hydrogens (tertiary/aromatic N) is 4. The van der Waals surface area contributed by atoms with Gasteiger partial charge in [0.2, 0.25) is 0 Å². The minimum absolute atomic E-state index is 0.193. The summed E-state index contributed by atoms with van der Waals surface area (Å²) in [6, 6.07) is 8.60. The van der Waals surface area contributed by atoms with E-state index >= 15 is 0 Å². The SMILES string of the molecule is COC(=O)CCC1OC(n2cnc3c(NC(=O)Nc4ccccc4)ncnc32)C2OC(C)(C)OC12. The van der Waals surface area contributed by atoms with E-state index in [9.17, 15) is 9.59 Å². The van der Waals surface area contributed by atoms with Gasteiger partial charge in [0.05, 0.1) is 19.5 Å². The number of amides is 2. The van der Waals surface area contributed by atoms with Gasteiger partial charge in [-0.2, -0.15) is 0 Å². The van der Waals surface area contributed by atoms with Crippen LogP contribution in [0.25, 0.3) is 11.2 Å². The zero-order valence-electron chi connectivity index (χ0n) is 19.5. The summed E-state index contributed by atoms with van der Waals surface area (Å²) < 4.78 is 25.0. The number of hydrogen-bond acceptors (Lipinski definition) is 9. The molecule has 0 saturated carbocycles. The molecule has 0 radical (unpaired) electrons. The molecule has 2 fully saturated rings. The van der Waals surface area contributed by atoms with Gasteiger partial charge >= 0.3 is 12.0 Å². The molecule has 35 heavy (non-hydrogen) atoms. The van der Waals surface area contributed by atoms with Gasteiger partial charge < -0.3 is 24.3 Å². The Bertz CT molecular complexity index is 1230. The van der Waals surface area contributed by atoms with Gasteiger partial charge in [-0.3, -0.25) is 14.7 Å². The fourth-order valence-electron chi connectivity index (χ4n) is 4.40. The number of nitrogens with one attached hydrogen (secondary N) is 2. The van der Waals surface area contributed by atoms with Crippen LogP contribution in [0, 0.1) is 0 Å². The van der Waals surface area contributed by atoms with E-state index in [2.05, 4.69) is 25.6 Å². The van der Waals surface area contributed by atoms with Crippen LogP contribution in [-0.4, -0.2) is 62.7 Å². The lowest BCUT2D eigenvalue weighted by atomic mass is 10.1. The van der Waals surface area contributed by atoms with Crippen LogP contribution in [0.5, 0.6) is 0 Å². The fraction of sp³-hybridized carbons (Fsp3) is 0.435. The highest BCUT2D eigenvalue weighted by atomic mass is 16.8. The van der Waals surface area contributed by atoms with Crippen LogP contribution >= 0.6 is 0 Å². The Balaban J connectivity index is 1.38. The van der Waals surface area contributed by atoms with Gasteiger partial charge in [0, 0.05) is 12.1 Å². The fourth-order valence-corrected chi connectivity index (χ4v) is 4.40. The number of methoxy groups -OCH3 is 1. The maximum Gasteiger partial charge on any atom is 0.324 e. The van der Waals surface area contributed by atoms with Gasteiger partial charge in [0.1, 0.15) is 18.5 Å². The number of carbonyl (C=O) groups excluding carboxylic acids is 2. The van der Waals surface area contributed by atoms with E-state index in [0.29, 0.717) is 23.3 Å². The summed E-state index contributed by atoms with van der Waals surface area (Å²) in [5.41, 5.74) is 1.50. The summed E-state index contributed by atoms with van der Waals surface area (Å²) in [7, 11) is 1.35. The van der Waals surface area contributed by atoms with Crippen LogP contribution in [0.15, 0.2) is 43.0 Å². The normalized spacial score (nSPS) is 24.8. The number of benzene rings is 1. The van der Waals surface area contributed by atoms with Crippen LogP contribution in [0.2, 0.25) is 0 Å². The van der Waals surface area contributed by atoms with Crippen LogP contribution in [0.4, 0.5) is 16.3 Å². The molecule has 4 unspecified atom stereocenters. The molecule has 2 saturated heterocycles. The van der Waals surface area contributed by atoms with Gasteiger partial charge in [-0.15, -0.1) is 0 Å². The van der Waals surface area contributed by atoms with Crippen molar-refractivity contribution in [1.29, 1.82) is 0 Å². The van der Waals surface area contributed by atoms with Crippen molar-refractivity contribution in [2.24, 2.45) is 0 Å². The van der Waals surface area contributed by atoms with Crippen molar-refractivity contribution in [3.8, 4) is 0 Å². The molecule has 0 aliphatic carbocycles. The number of anilines is 2. The average molecular weight is 482 g/mol. The molecule has 2 aliphatic heterocycles. The standard InChI is InChI=1S/C23H26N6O6/c1-23(2)34-17-14(9-10-15(30)32-3)33-21(18(17)35-23)29-12-26-16-19(24-11-25-20(16)29)28-22(31)27-13-7-5-4-6-8-13/h4-8,11-12,14,17-18,21H,9-10H2,1-3H3,(H2,24,25,27,28,31). The van der Waals surface area contributed by atoms with Gasteiger partial charge in [-0.25, -0.2) is 19.7 Å². The minimum atomic E-state index is -0.811. The second-order valence-corrected chi connectivity index (χ2v) is 8.74. The molecule has 12 heteroatoms. The Labute approximate surface area is 200 Å². The third-order valence-electron chi connectivity index (χ3n) is 5.88. The molecule has 2 amide bonds. The smallest absolute Gasteiger partial charge is 0.324 e. The number of urea groups is 1. The lowest BCUT2D eigenvalue weighted by molar-refractivity contribution is -0.197. The van der Waals surface area contributed by atoms with E-state index in [1.165, 1.54) is 13.4 Å². The highest BCUT2D eigenvalue weighted by Gasteiger charge is 2.56. The van der Waals surface area contributed by atoms with Crippen molar-refractivity contribution >= 4 is 34.7 Å². The van der Waals surface area contributed by atoms with Crippen LogP contribution in [-0.2, 0) is 23.7 Å². The van der Waals surface area contributed by atoms with Crippen LogP contribution in [0.1, 0.15) is 32.9 Å². The molecule has 2 aromatic heterocycles. The number of carbonyl (C=O) groups is 2. The summed E-state index contributed by atoms with van der Waals surface area (Å²) >= 11 is 0. The number of imidazole rings is 1. The summed E-state index contributed by atoms with van der Waals surface area (Å²) in [6.45, 7) is 3.67. The second kappa shape index (κ2) is 9.21. The zero-order valence-corrected chi connectivity index (χ0v) is 19.5. The third-order valence-corrected chi connectivity index (χ3v) is 5.88. The molecule has 0 spiro atoms.